The number of hydrogen-bond acceptors (Lipinski definition) is 4. The van der Waals surface area contributed by atoms with Crippen molar-refractivity contribution in [3.05, 3.63) is 52.1 Å². The Morgan fingerprint density at radius 2 is 2.11 bits per heavy atom. The molecule has 2 aromatic rings. The van der Waals surface area contributed by atoms with E-state index in [0.29, 0.717) is 11.4 Å². The molecule has 6 heteroatoms. The summed E-state index contributed by atoms with van der Waals surface area (Å²) in [5.74, 6) is 5.51. The van der Waals surface area contributed by atoms with E-state index < -0.39 is 0 Å². The lowest BCUT2D eigenvalue weighted by atomic mass is 10.2. The summed E-state index contributed by atoms with van der Waals surface area (Å²) in [5, 5.41) is 2.80. The number of rotatable bonds is 3. The van der Waals surface area contributed by atoms with Crippen molar-refractivity contribution in [2.75, 3.05) is 10.7 Å². The number of hydrogen-bond donors (Lipinski definition) is 3. The molecule has 0 aliphatic carbocycles. The molecule has 0 radical (unpaired) electrons. The monoisotopic (exact) mass is 320 g/mol. The molecule has 98 valence electrons. The average molecular weight is 321 g/mol. The highest BCUT2D eigenvalue weighted by molar-refractivity contribution is 9.10. The van der Waals surface area contributed by atoms with Crippen LogP contribution >= 0.6 is 15.9 Å². The topological polar surface area (TPSA) is 80.0 Å². The fourth-order valence-corrected chi connectivity index (χ4v) is 1.87. The summed E-state index contributed by atoms with van der Waals surface area (Å²) in [4.78, 5) is 16.0. The molecule has 0 aliphatic rings. The van der Waals surface area contributed by atoms with E-state index in [-0.39, 0.29) is 5.91 Å². The Bertz CT molecular complexity index is 598. The highest BCUT2D eigenvalue weighted by atomic mass is 79.9. The van der Waals surface area contributed by atoms with Gasteiger partial charge in [0.2, 0.25) is 0 Å². The van der Waals surface area contributed by atoms with E-state index in [1.165, 1.54) is 6.20 Å². The normalized spacial score (nSPS) is 10.1. The van der Waals surface area contributed by atoms with Crippen LogP contribution in [0.15, 0.2) is 41.0 Å². The number of nitrogens with two attached hydrogens (primary N) is 1. The highest BCUT2D eigenvalue weighted by Crippen LogP contribution is 2.21. The molecule has 2 rings (SSSR count). The third-order valence-corrected chi connectivity index (χ3v) is 3.46. The van der Waals surface area contributed by atoms with E-state index in [1.807, 2.05) is 25.1 Å². The highest BCUT2D eigenvalue weighted by Gasteiger charge is 2.07. The standard InChI is InChI=1S/C13H13BrN4O/c1-8-2-4-10(6-11(8)14)17-13(19)9-3-5-12(18-15)16-7-9/h2-7H,15H2,1H3,(H,16,18)(H,17,19). The fourth-order valence-electron chi connectivity index (χ4n) is 1.49. The third-order valence-electron chi connectivity index (χ3n) is 2.60. The summed E-state index contributed by atoms with van der Waals surface area (Å²) in [5.41, 5.74) is 4.71. The Labute approximate surface area is 119 Å². The summed E-state index contributed by atoms with van der Waals surface area (Å²) >= 11 is 3.43. The Hall–Kier alpha value is -1.92. The molecule has 0 unspecified atom stereocenters. The molecule has 1 heterocycles. The van der Waals surface area contributed by atoms with Gasteiger partial charge in [-0.1, -0.05) is 22.0 Å². The van der Waals surface area contributed by atoms with Crippen LogP contribution in [-0.2, 0) is 0 Å². The number of carbonyl (C=O) groups is 1. The molecule has 1 aromatic carbocycles. The maximum atomic E-state index is 12.0. The second-order valence-corrected chi connectivity index (χ2v) is 4.85. The summed E-state index contributed by atoms with van der Waals surface area (Å²) in [7, 11) is 0. The van der Waals surface area contributed by atoms with Crippen LogP contribution < -0.4 is 16.6 Å². The molecule has 0 fully saturated rings. The molecule has 4 N–H and O–H groups in total. The molecule has 0 saturated carbocycles. The van der Waals surface area contributed by atoms with Crippen molar-refractivity contribution in [1.29, 1.82) is 0 Å². The quantitative estimate of drug-likeness (QED) is 0.600. The van der Waals surface area contributed by atoms with Crippen LogP contribution in [0.1, 0.15) is 15.9 Å². The zero-order valence-electron chi connectivity index (χ0n) is 10.3. The molecule has 0 spiro atoms. The van der Waals surface area contributed by atoms with Crippen molar-refractivity contribution < 1.29 is 4.79 Å². The van der Waals surface area contributed by atoms with Crippen LogP contribution in [0.4, 0.5) is 11.5 Å². The number of aromatic nitrogens is 1. The average Bonchev–Trinajstić information content (AvgIpc) is 2.43. The van der Waals surface area contributed by atoms with Gasteiger partial charge in [0.15, 0.2) is 0 Å². The van der Waals surface area contributed by atoms with Crippen molar-refractivity contribution in [2.45, 2.75) is 6.92 Å². The van der Waals surface area contributed by atoms with Gasteiger partial charge < -0.3 is 10.7 Å². The van der Waals surface area contributed by atoms with Crippen molar-refractivity contribution in [1.82, 2.24) is 4.98 Å². The van der Waals surface area contributed by atoms with Crippen molar-refractivity contribution >= 4 is 33.3 Å². The number of anilines is 2. The second kappa shape index (κ2) is 5.81. The van der Waals surface area contributed by atoms with Crippen LogP contribution in [-0.4, -0.2) is 10.9 Å². The Balaban J connectivity index is 2.13. The summed E-state index contributed by atoms with van der Waals surface area (Å²) < 4.78 is 0.950. The molecular formula is C13H13BrN4O. The lowest BCUT2D eigenvalue weighted by Gasteiger charge is -2.07. The molecule has 0 atom stereocenters. The summed E-state index contributed by atoms with van der Waals surface area (Å²) in [6.45, 7) is 1.98. The number of nitrogens with one attached hydrogen (secondary N) is 2. The van der Waals surface area contributed by atoms with Gasteiger partial charge in [0, 0.05) is 16.4 Å². The molecule has 0 saturated heterocycles. The summed E-state index contributed by atoms with van der Waals surface area (Å²) in [6.07, 6.45) is 1.47. The number of hydrazine groups is 1. The van der Waals surface area contributed by atoms with Crippen LogP contribution in [0, 0.1) is 6.92 Å². The Morgan fingerprint density at radius 1 is 1.32 bits per heavy atom. The van der Waals surface area contributed by atoms with Gasteiger partial charge in [0.1, 0.15) is 5.82 Å². The van der Waals surface area contributed by atoms with Gasteiger partial charge in [-0.25, -0.2) is 10.8 Å². The van der Waals surface area contributed by atoms with E-state index in [1.54, 1.807) is 12.1 Å². The zero-order valence-corrected chi connectivity index (χ0v) is 11.9. The van der Waals surface area contributed by atoms with Crippen molar-refractivity contribution in [2.24, 2.45) is 5.84 Å². The molecule has 0 bridgehead atoms. The SMILES string of the molecule is Cc1ccc(NC(=O)c2ccc(NN)nc2)cc1Br. The molecule has 19 heavy (non-hydrogen) atoms. The fraction of sp³-hybridized carbons (Fsp3) is 0.0769. The number of benzene rings is 1. The van der Waals surface area contributed by atoms with Gasteiger partial charge in [-0.05, 0) is 36.8 Å². The number of nitrogens with zero attached hydrogens (tertiary/aromatic N) is 1. The van der Waals surface area contributed by atoms with Crippen molar-refractivity contribution in [3.8, 4) is 0 Å². The maximum absolute atomic E-state index is 12.0. The molecule has 1 amide bonds. The lowest BCUT2D eigenvalue weighted by molar-refractivity contribution is 0.102. The van der Waals surface area contributed by atoms with E-state index in [9.17, 15) is 4.79 Å². The Morgan fingerprint density at radius 3 is 2.68 bits per heavy atom. The number of carbonyl (C=O) groups excluding carboxylic acids is 1. The van der Waals surface area contributed by atoms with Gasteiger partial charge in [0.05, 0.1) is 5.56 Å². The van der Waals surface area contributed by atoms with Gasteiger partial charge in [0.25, 0.3) is 5.91 Å². The van der Waals surface area contributed by atoms with E-state index in [4.69, 9.17) is 5.84 Å². The first-order valence-electron chi connectivity index (χ1n) is 5.60. The second-order valence-electron chi connectivity index (χ2n) is 3.99. The lowest BCUT2D eigenvalue weighted by Crippen LogP contribution is -2.13. The molecule has 5 nitrogen and oxygen atoms in total. The molecule has 0 aliphatic heterocycles. The van der Waals surface area contributed by atoms with E-state index in [2.05, 4.69) is 31.7 Å². The van der Waals surface area contributed by atoms with Gasteiger partial charge in [-0.3, -0.25) is 4.79 Å². The van der Waals surface area contributed by atoms with E-state index in [0.717, 1.165) is 15.7 Å². The van der Waals surface area contributed by atoms with E-state index >= 15 is 0 Å². The number of pyridine rings is 1. The molecule has 1 aromatic heterocycles. The van der Waals surface area contributed by atoms with Crippen LogP contribution in [0.25, 0.3) is 0 Å². The predicted molar refractivity (Wildman–Crippen MR) is 78.9 cm³/mol. The predicted octanol–water partition coefficient (Wildman–Crippen LogP) is 2.69. The third kappa shape index (κ3) is 3.30. The number of aryl methyl sites for hydroxylation is 1. The van der Waals surface area contributed by atoms with Gasteiger partial charge in [-0.2, -0.15) is 0 Å². The maximum Gasteiger partial charge on any atom is 0.257 e. The summed E-state index contributed by atoms with van der Waals surface area (Å²) in [6, 6.07) is 8.93. The first-order valence-corrected chi connectivity index (χ1v) is 6.39. The minimum absolute atomic E-state index is 0.216. The Kier molecular flexibility index (Phi) is 4.13. The van der Waals surface area contributed by atoms with Gasteiger partial charge >= 0.3 is 0 Å². The number of halogens is 1. The van der Waals surface area contributed by atoms with Crippen LogP contribution in [0.2, 0.25) is 0 Å². The largest absolute Gasteiger partial charge is 0.322 e. The van der Waals surface area contributed by atoms with Crippen molar-refractivity contribution in [3.63, 3.8) is 0 Å². The number of nitrogen functional groups attached to an aromatic ring is 1. The first-order chi connectivity index (χ1) is 9.10. The molecular weight excluding hydrogens is 308 g/mol. The minimum Gasteiger partial charge on any atom is -0.322 e. The smallest absolute Gasteiger partial charge is 0.257 e. The number of amides is 1. The minimum atomic E-state index is -0.216. The van der Waals surface area contributed by atoms with Crippen LogP contribution in [0.3, 0.4) is 0 Å². The van der Waals surface area contributed by atoms with Gasteiger partial charge in [-0.15, -0.1) is 0 Å². The zero-order chi connectivity index (χ0) is 13.8. The first kappa shape index (κ1) is 13.5. The van der Waals surface area contributed by atoms with Crippen LogP contribution in [0.5, 0.6) is 0 Å².